The molecule has 0 aliphatic carbocycles. The second-order valence-corrected chi connectivity index (χ2v) is 9.43. The van der Waals surface area contributed by atoms with E-state index in [2.05, 4.69) is 15.0 Å². The minimum Gasteiger partial charge on any atom is -0.449 e. The van der Waals surface area contributed by atoms with Crippen LogP contribution >= 0.6 is 11.8 Å². The van der Waals surface area contributed by atoms with Crippen LogP contribution in [0.3, 0.4) is 0 Å². The first-order valence-electron chi connectivity index (χ1n) is 8.76. The summed E-state index contributed by atoms with van der Waals surface area (Å²) >= 11 is 1.36. The number of nitrogens with one attached hydrogen (secondary N) is 1. The van der Waals surface area contributed by atoms with Crippen LogP contribution in [0.1, 0.15) is 12.6 Å². The number of para-hydroxylation sites is 1. The van der Waals surface area contributed by atoms with E-state index in [0.717, 1.165) is 11.1 Å². The molecule has 0 radical (unpaired) electrons. The highest BCUT2D eigenvalue weighted by molar-refractivity contribution is 8.15. The monoisotopic (exact) mass is 430 g/mol. The number of pyridine rings is 1. The molecule has 8 nitrogen and oxygen atoms in total. The Kier molecular flexibility index (Phi) is 5.05. The Morgan fingerprint density at radius 3 is 2.83 bits per heavy atom. The van der Waals surface area contributed by atoms with Gasteiger partial charge in [-0.1, -0.05) is 30.0 Å². The summed E-state index contributed by atoms with van der Waals surface area (Å²) in [5.74, 6) is -0.348. The normalized spacial score (nSPS) is 16.6. The fourth-order valence-corrected chi connectivity index (χ4v) is 5.14. The molecule has 1 unspecified atom stereocenters. The molecule has 0 saturated carbocycles. The first kappa shape index (κ1) is 19.5. The molecule has 3 aromatic rings. The highest BCUT2D eigenvalue weighted by atomic mass is 32.2. The molecule has 3 heterocycles. The molecular formula is C19H18N4O4S2. The van der Waals surface area contributed by atoms with E-state index in [1.807, 2.05) is 12.1 Å². The number of carbonyl (C=O) groups excluding carboxylic acids is 1. The molecule has 150 valence electrons. The van der Waals surface area contributed by atoms with Crippen molar-refractivity contribution in [3.05, 3.63) is 54.4 Å². The average molecular weight is 431 g/mol. The molecule has 0 fully saturated rings. The fraction of sp³-hybridized carbons (Fsp3) is 0.211. The number of aromatic nitrogens is 2. The van der Waals surface area contributed by atoms with E-state index in [-0.39, 0.29) is 16.4 Å². The van der Waals surface area contributed by atoms with Crippen LogP contribution in [0, 0.1) is 0 Å². The zero-order chi connectivity index (χ0) is 20.6. The zero-order valence-corrected chi connectivity index (χ0v) is 17.3. The number of H-pyrrole nitrogens is 1. The molecule has 4 rings (SSSR count). The fourth-order valence-electron chi connectivity index (χ4n) is 3.04. The molecule has 2 aromatic heterocycles. The van der Waals surface area contributed by atoms with Gasteiger partial charge in [0.1, 0.15) is 5.04 Å². The van der Waals surface area contributed by atoms with E-state index in [0.29, 0.717) is 22.8 Å². The number of benzene rings is 1. The quantitative estimate of drug-likeness (QED) is 0.624. The zero-order valence-electron chi connectivity index (χ0n) is 15.7. The first-order valence-corrected chi connectivity index (χ1v) is 11.1. The van der Waals surface area contributed by atoms with Gasteiger partial charge in [-0.25, -0.2) is 4.98 Å². The second kappa shape index (κ2) is 7.53. The smallest absolute Gasteiger partial charge is 0.303 e. The lowest BCUT2D eigenvalue weighted by molar-refractivity contribution is -0.141. The van der Waals surface area contributed by atoms with Gasteiger partial charge in [0, 0.05) is 25.6 Å². The molecule has 0 amide bonds. The lowest BCUT2D eigenvalue weighted by Crippen LogP contribution is -2.27. The molecule has 0 bridgehead atoms. The predicted octanol–water partition coefficient (Wildman–Crippen LogP) is 2.77. The number of sulfonamides is 1. The summed E-state index contributed by atoms with van der Waals surface area (Å²) < 4.78 is 32.3. The molecule has 1 atom stereocenters. The van der Waals surface area contributed by atoms with Crippen molar-refractivity contribution in [2.75, 3.05) is 17.9 Å². The van der Waals surface area contributed by atoms with Crippen molar-refractivity contribution in [1.29, 1.82) is 0 Å². The Balaban J connectivity index is 1.68. The summed E-state index contributed by atoms with van der Waals surface area (Å²) in [5, 5.41) is 1.54. The number of aliphatic imine (C=N–C) groups is 1. The van der Waals surface area contributed by atoms with E-state index < -0.39 is 10.0 Å². The van der Waals surface area contributed by atoms with Gasteiger partial charge in [-0.2, -0.15) is 8.42 Å². The summed E-state index contributed by atoms with van der Waals surface area (Å²) in [6.45, 7) is 1.75. The Bertz CT molecular complexity index is 1210. The van der Waals surface area contributed by atoms with Crippen molar-refractivity contribution in [2.24, 2.45) is 4.99 Å². The van der Waals surface area contributed by atoms with Gasteiger partial charge in [-0.15, -0.1) is 0 Å². The topological polar surface area (TPSA) is 105 Å². The van der Waals surface area contributed by atoms with E-state index in [4.69, 9.17) is 4.74 Å². The minimum atomic E-state index is -3.81. The Labute approximate surface area is 172 Å². The summed E-state index contributed by atoms with van der Waals surface area (Å²) in [6.07, 6.45) is 1.45. The van der Waals surface area contributed by atoms with Crippen molar-refractivity contribution in [3.63, 3.8) is 0 Å². The Morgan fingerprint density at radius 2 is 2.10 bits per heavy atom. The van der Waals surface area contributed by atoms with Crippen LogP contribution in [0.5, 0.6) is 0 Å². The lowest BCUT2D eigenvalue weighted by atomic mass is 10.2. The lowest BCUT2D eigenvalue weighted by Gasteiger charge is -2.19. The van der Waals surface area contributed by atoms with Gasteiger partial charge < -0.3 is 9.72 Å². The van der Waals surface area contributed by atoms with Crippen LogP contribution < -0.4 is 4.31 Å². The third-order valence-corrected chi connectivity index (χ3v) is 7.16. The number of esters is 1. The maximum atomic E-state index is 13.0. The number of rotatable bonds is 5. The molecule has 10 heteroatoms. The van der Waals surface area contributed by atoms with Gasteiger partial charge >= 0.3 is 5.97 Å². The number of aromatic amines is 1. The van der Waals surface area contributed by atoms with Crippen molar-refractivity contribution < 1.29 is 17.9 Å². The van der Waals surface area contributed by atoms with Crippen LogP contribution in [0.15, 0.2) is 58.7 Å². The van der Waals surface area contributed by atoms with Crippen molar-refractivity contribution >= 4 is 49.4 Å². The highest BCUT2D eigenvalue weighted by Gasteiger charge is 2.27. The van der Waals surface area contributed by atoms with Crippen LogP contribution in [0.25, 0.3) is 10.9 Å². The van der Waals surface area contributed by atoms with Crippen molar-refractivity contribution in [1.82, 2.24) is 9.97 Å². The molecule has 1 aromatic carbocycles. The number of thioether (sulfide) groups is 1. The maximum Gasteiger partial charge on any atom is 0.303 e. The number of anilines is 1. The molecule has 1 N–H and O–H groups in total. The van der Waals surface area contributed by atoms with Gasteiger partial charge in [-0.05, 0) is 24.3 Å². The molecule has 29 heavy (non-hydrogen) atoms. The standard InChI is InChI=1S/C19H18N4O4S2/c1-12(24)27-17-11-21-19(28-17)14-10-13-6-5-7-15(18(13)22-14)23(2)29(25,26)16-8-3-4-9-20-16/h3-10,17,22H,11H2,1-2H3. The molecule has 0 spiro atoms. The largest absolute Gasteiger partial charge is 0.449 e. The first-order chi connectivity index (χ1) is 13.9. The Morgan fingerprint density at radius 1 is 1.28 bits per heavy atom. The number of fused-ring (bicyclic) bond motifs is 1. The summed E-state index contributed by atoms with van der Waals surface area (Å²) in [5.41, 5.74) is 1.57. The highest BCUT2D eigenvalue weighted by Crippen LogP contribution is 2.33. The summed E-state index contributed by atoms with van der Waals surface area (Å²) in [6, 6.07) is 12.1. The van der Waals surface area contributed by atoms with Gasteiger partial charge in [-0.3, -0.25) is 14.1 Å². The predicted molar refractivity (Wildman–Crippen MR) is 113 cm³/mol. The molecule has 0 saturated heterocycles. The van der Waals surface area contributed by atoms with Crippen molar-refractivity contribution in [3.8, 4) is 0 Å². The number of nitrogens with zero attached hydrogens (tertiary/aromatic N) is 3. The average Bonchev–Trinajstić information content (AvgIpc) is 3.34. The van der Waals surface area contributed by atoms with Crippen LogP contribution in [0.2, 0.25) is 0 Å². The van der Waals surface area contributed by atoms with Gasteiger partial charge in [0.25, 0.3) is 10.0 Å². The summed E-state index contributed by atoms with van der Waals surface area (Å²) in [7, 11) is -2.31. The SMILES string of the molecule is CC(=O)OC1CN=C(c2cc3cccc(N(C)S(=O)(=O)c4ccccn4)c3[nH]2)S1. The molecule has 1 aliphatic heterocycles. The number of hydrogen-bond acceptors (Lipinski definition) is 7. The van der Waals surface area contributed by atoms with Crippen LogP contribution in [-0.2, 0) is 19.6 Å². The van der Waals surface area contributed by atoms with Gasteiger partial charge in [0.2, 0.25) is 0 Å². The van der Waals surface area contributed by atoms with E-state index in [1.54, 1.807) is 24.3 Å². The number of ether oxygens (including phenoxy) is 1. The summed E-state index contributed by atoms with van der Waals surface area (Å²) in [4.78, 5) is 22.8. The molecular weight excluding hydrogens is 412 g/mol. The molecule has 1 aliphatic rings. The number of hydrogen-bond donors (Lipinski definition) is 1. The van der Waals surface area contributed by atoms with Crippen molar-refractivity contribution in [2.45, 2.75) is 17.4 Å². The van der Waals surface area contributed by atoms with Gasteiger partial charge in [0.05, 0.1) is 23.4 Å². The van der Waals surface area contributed by atoms with E-state index >= 15 is 0 Å². The van der Waals surface area contributed by atoms with Gasteiger partial charge in [0.15, 0.2) is 10.5 Å². The Hall–Kier alpha value is -2.85. The van der Waals surface area contributed by atoms with Crippen LogP contribution in [-0.4, -0.2) is 48.4 Å². The third kappa shape index (κ3) is 3.73. The van der Waals surface area contributed by atoms with Crippen LogP contribution in [0.4, 0.5) is 5.69 Å². The third-order valence-electron chi connectivity index (χ3n) is 4.39. The second-order valence-electron chi connectivity index (χ2n) is 6.37. The van der Waals surface area contributed by atoms with E-state index in [9.17, 15) is 13.2 Å². The van der Waals surface area contributed by atoms with E-state index in [1.165, 1.54) is 42.3 Å². The maximum absolute atomic E-state index is 13.0. The minimum absolute atomic E-state index is 0.0220. The number of carbonyl (C=O) groups is 1.